The molecular formula is C15H24N2O2. The van der Waals surface area contributed by atoms with E-state index in [1.807, 2.05) is 38.1 Å². The first-order valence-electron chi connectivity index (χ1n) is 6.70. The number of hydrogen-bond donors (Lipinski definition) is 3. The van der Waals surface area contributed by atoms with Crippen LogP contribution < -0.4 is 10.6 Å². The maximum atomic E-state index is 11.8. The minimum atomic E-state index is -0.581. The molecule has 0 heterocycles. The van der Waals surface area contributed by atoms with E-state index in [4.69, 9.17) is 0 Å². The Morgan fingerprint density at radius 3 is 2.32 bits per heavy atom. The van der Waals surface area contributed by atoms with E-state index in [1.165, 1.54) is 5.56 Å². The molecule has 106 valence electrons. The SMILES string of the molecule is CCC(C)(CO)NC(=O)Nc1ccc(C(C)C)cc1. The molecule has 4 nitrogen and oxygen atoms in total. The van der Waals surface area contributed by atoms with Gasteiger partial charge in [0.05, 0.1) is 12.1 Å². The van der Waals surface area contributed by atoms with Gasteiger partial charge in [0.2, 0.25) is 0 Å². The van der Waals surface area contributed by atoms with E-state index >= 15 is 0 Å². The van der Waals surface area contributed by atoms with Crippen molar-refractivity contribution in [2.24, 2.45) is 0 Å². The number of anilines is 1. The summed E-state index contributed by atoms with van der Waals surface area (Å²) in [4.78, 5) is 11.8. The molecular weight excluding hydrogens is 240 g/mol. The van der Waals surface area contributed by atoms with Crippen LogP contribution in [0.25, 0.3) is 0 Å². The lowest BCUT2D eigenvalue weighted by Gasteiger charge is -2.27. The summed E-state index contributed by atoms with van der Waals surface area (Å²) in [5.74, 6) is 0.473. The van der Waals surface area contributed by atoms with Crippen molar-refractivity contribution in [3.05, 3.63) is 29.8 Å². The van der Waals surface area contributed by atoms with E-state index in [0.717, 1.165) is 5.69 Å². The summed E-state index contributed by atoms with van der Waals surface area (Å²) >= 11 is 0. The molecule has 0 saturated carbocycles. The number of nitrogens with one attached hydrogen (secondary N) is 2. The van der Waals surface area contributed by atoms with Gasteiger partial charge in [-0.1, -0.05) is 32.9 Å². The number of hydrogen-bond acceptors (Lipinski definition) is 2. The molecule has 1 aromatic carbocycles. The smallest absolute Gasteiger partial charge is 0.319 e. The molecule has 19 heavy (non-hydrogen) atoms. The lowest BCUT2D eigenvalue weighted by Crippen LogP contribution is -2.50. The molecule has 0 radical (unpaired) electrons. The van der Waals surface area contributed by atoms with Crippen molar-refractivity contribution in [1.29, 1.82) is 0 Å². The number of rotatable bonds is 5. The predicted octanol–water partition coefficient (Wildman–Crippen LogP) is 3.09. The highest BCUT2D eigenvalue weighted by Gasteiger charge is 2.23. The van der Waals surface area contributed by atoms with Gasteiger partial charge in [-0.15, -0.1) is 0 Å². The van der Waals surface area contributed by atoms with Crippen molar-refractivity contribution in [2.75, 3.05) is 11.9 Å². The third-order valence-electron chi connectivity index (χ3n) is 3.38. The molecule has 0 aromatic heterocycles. The Morgan fingerprint density at radius 2 is 1.89 bits per heavy atom. The van der Waals surface area contributed by atoms with Crippen molar-refractivity contribution >= 4 is 11.7 Å². The van der Waals surface area contributed by atoms with E-state index in [-0.39, 0.29) is 12.6 Å². The summed E-state index contributed by atoms with van der Waals surface area (Å²) in [5, 5.41) is 14.8. The monoisotopic (exact) mass is 264 g/mol. The van der Waals surface area contributed by atoms with Crippen LogP contribution in [0.3, 0.4) is 0 Å². The number of carbonyl (C=O) groups excluding carboxylic acids is 1. The van der Waals surface area contributed by atoms with E-state index in [9.17, 15) is 9.90 Å². The van der Waals surface area contributed by atoms with Crippen LogP contribution in [0.15, 0.2) is 24.3 Å². The minimum Gasteiger partial charge on any atom is -0.394 e. The average Bonchev–Trinajstić information content (AvgIpc) is 2.39. The summed E-state index contributed by atoms with van der Waals surface area (Å²) in [6.45, 7) is 7.91. The van der Waals surface area contributed by atoms with Gasteiger partial charge in [0, 0.05) is 5.69 Å². The van der Waals surface area contributed by atoms with Crippen LogP contribution in [0, 0.1) is 0 Å². The van der Waals surface area contributed by atoms with Crippen LogP contribution in [0.2, 0.25) is 0 Å². The van der Waals surface area contributed by atoms with Crippen molar-refractivity contribution in [3.8, 4) is 0 Å². The fraction of sp³-hybridized carbons (Fsp3) is 0.533. The Hall–Kier alpha value is -1.55. The molecule has 0 saturated heterocycles. The summed E-state index contributed by atoms with van der Waals surface area (Å²) in [6.07, 6.45) is 0.670. The molecule has 0 fully saturated rings. The molecule has 4 heteroatoms. The van der Waals surface area contributed by atoms with Gasteiger partial charge in [-0.05, 0) is 37.0 Å². The number of aliphatic hydroxyl groups excluding tert-OH is 1. The molecule has 1 rings (SSSR count). The Balaban J connectivity index is 2.62. The van der Waals surface area contributed by atoms with Crippen LogP contribution in [0.4, 0.5) is 10.5 Å². The minimum absolute atomic E-state index is 0.0802. The van der Waals surface area contributed by atoms with Gasteiger partial charge >= 0.3 is 6.03 Å². The van der Waals surface area contributed by atoms with E-state index in [1.54, 1.807) is 0 Å². The zero-order valence-electron chi connectivity index (χ0n) is 12.2. The fourth-order valence-corrected chi connectivity index (χ4v) is 1.63. The largest absolute Gasteiger partial charge is 0.394 e. The lowest BCUT2D eigenvalue weighted by atomic mass is 10.0. The van der Waals surface area contributed by atoms with Gasteiger partial charge in [-0.3, -0.25) is 0 Å². The second-order valence-electron chi connectivity index (χ2n) is 5.43. The van der Waals surface area contributed by atoms with Gasteiger partial charge in [0.1, 0.15) is 0 Å². The third-order valence-corrected chi connectivity index (χ3v) is 3.38. The van der Waals surface area contributed by atoms with Crippen molar-refractivity contribution in [2.45, 2.75) is 45.6 Å². The molecule has 2 amide bonds. The Labute approximate surface area is 115 Å². The second kappa shape index (κ2) is 6.57. The van der Waals surface area contributed by atoms with Crippen LogP contribution in [-0.2, 0) is 0 Å². The molecule has 0 aliphatic carbocycles. The lowest BCUT2D eigenvalue weighted by molar-refractivity contribution is 0.172. The highest BCUT2D eigenvalue weighted by molar-refractivity contribution is 5.89. The normalized spacial score (nSPS) is 14.0. The first kappa shape index (κ1) is 15.5. The molecule has 0 aliphatic heterocycles. The first-order chi connectivity index (χ1) is 8.90. The Morgan fingerprint density at radius 1 is 1.32 bits per heavy atom. The average molecular weight is 264 g/mol. The zero-order valence-corrected chi connectivity index (χ0v) is 12.2. The van der Waals surface area contributed by atoms with Gasteiger partial charge in [0.25, 0.3) is 0 Å². The van der Waals surface area contributed by atoms with Crippen molar-refractivity contribution in [3.63, 3.8) is 0 Å². The Bertz CT molecular complexity index is 409. The zero-order chi connectivity index (χ0) is 14.5. The highest BCUT2D eigenvalue weighted by atomic mass is 16.3. The summed E-state index contributed by atoms with van der Waals surface area (Å²) in [7, 11) is 0. The summed E-state index contributed by atoms with van der Waals surface area (Å²) in [6, 6.07) is 7.49. The predicted molar refractivity (Wildman–Crippen MR) is 78.5 cm³/mol. The van der Waals surface area contributed by atoms with Crippen molar-refractivity contribution < 1.29 is 9.90 Å². The van der Waals surface area contributed by atoms with Gasteiger partial charge in [-0.2, -0.15) is 0 Å². The maximum Gasteiger partial charge on any atom is 0.319 e. The van der Waals surface area contributed by atoms with Crippen molar-refractivity contribution in [1.82, 2.24) is 5.32 Å². The fourth-order valence-electron chi connectivity index (χ4n) is 1.63. The molecule has 0 bridgehead atoms. The second-order valence-corrected chi connectivity index (χ2v) is 5.43. The number of aliphatic hydroxyl groups is 1. The first-order valence-corrected chi connectivity index (χ1v) is 6.70. The van der Waals surface area contributed by atoms with Gasteiger partial charge in [-0.25, -0.2) is 4.79 Å². The third kappa shape index (κ3) is 4.56. The van der Waals surface area contributed by atoms with Crippen LogP contribution >= 0.6 is 0 Å². The Kier molecular flexibility index (Phi) is 5.36. The molecule has 3 N–H and O–H groups in total. The standard InChI is InChI=1S/C15H24N2O2/c1-5-15(4,10-18)17-14(19)16-13-8-6-12(7-9-13)11(2)3/h6-9,11,18H,5,10H2,1-4H3,(H2,16,17,19). The van der Waals surface area contributed by atoms with Crippen LogP contribution in [-0.4, -0.2) is 23.3 Å². The molecule has 1 atom stereocenters. The summed E-state index contributed by atoms with van der Waals surface area (Å²) < 4.78 is 0. The number of benzene rings is 1. The van der Waals surface area contributed by atoms with E-state index < -0.39 is 5.54 Å². The van der Waals surface area contributed by atoms with Crippen LogP contribution in [0.1, 0.15) is 45.6 Å². The van der Waals surface area contributed by atoms with Gasteiger partial charge < -0.3 is 15.7 Å². The summed E-state index contributed by atoms with van der Waals surface area (Å²) in [5.41, 5.74) is 1.40. The van der Waals surface area contributed by atoms with Crippen LogP contribution in [0.5, 0.6) is 0 Å². The van der Waals surface area contributed by atoms with E-state index in [2.05, 4.69) is 24.5 Å². The number of carbonyl (C=O) groups is 1. The quantitative estimate of drug-likeness (QED) is 0.765. The molecule has 0 spiro atoms. The highest BCUT2D eigenvalue weighted by Crippen LogP contribution is 2.17. The molecule has 0 aliphatic rings. The topological polar surface area (TPSA) is 61.4 Å². The molecule has 1 unspecified atom stereocenters. The van der Waals surface area contributed by atoms with E-state index in [0.29, 0.717) is 12.3 Å². The molecule has 1 aromatic rings. The maximum absolute atomic E-state index is 11.8. The number of amides is 2. The number of urea groups is 1. The van der Waals surface area contributed by atoms with Gasteiger partial charge in [0.15, 0.2) is 0 Å².